The molecule has 6 heteroatoms. The highest BCUT2D eigenvalue weighted by Gasteiger charge is 2.33. The highest BCUT2D eigenvalue weighted by Crippen LogP contribution is 2.29. The van der Waals surface area contributed by atoms with Crippen molar-refractivity contribution in [2.24, 2.45) is 5.16 Å². The lowest BCUT2D eigenvalue weighted by Gasteiger charge is -2.15. The Morgan fingerprint density at radius 2 is 1.65 bits per heavy atom. The molecule has 0 bridgehead atoms. The molecule has 2 aliphatic carbocycles. The van der Waals surface area contributed by atoms with E-state index < -0.39 is 11.6 Å². The first kappa shape index (κ1) is 15.1. The van der Waals surface area contributed by atoms with E-state index in [1.807, 2.05) is 0 Å². The summed E-state index contributed by atoms with van der Waals surface area (Å²) in [5.74, 6) is -1.44. The van der Waals surface area contributed by atoms with Gasteiger partial charge in [0.25, 0.3) is 0 Å². The van der Waals surface area contributed by atoms with Crippen molar-refractivity contribution < 1.29 is 19.2 Å². The Morgan fingerprint density at radius 3 is 2.30 bits per heavy atom. The van der Waals surface area contributed by atoms with Crippen molar-refractivity contribution in [1.82, 2.24) is 0 Å². The lowest BCUT2D eigenvalue weighted by atomic mass is 9.93. The molecule has 0 heterocycles. The monoisotopic (exact) mass is 327 g/mol. The predicted molar refractivity (Wildman–Crippen MR) is 84.4 cm³/mol. The van der Waals surface area contributed by atoms with Crippen LogP contribution in [0.1, 0.15) is 27.6 Å². The minimum absolute atomic E-state index is 0.126. The first-order chi connectivity index (χ1) is 11.0. The van der Waals surface area contributed by atoms with Gasteiger partial charge in [0, 0.05) is 11.1 Å². The van der Waals surface area contributed by atoms with Gasteiger partial charge in [-0.15, -0.1) is 0 Å². The number of nitrogens with zero attached hydrogens (tertiary/aromatic N) is 1. The zero-order valence-electron chi connectivity index (χ0n) is 12.0. The molecule has 0 aliphatic heterocycles. The Kier molecular flexibility index (Phi) is 3.80. The van der Waals surface area contributed by atoms with E-state index in [0.29, 0.717) is 11.3 Å². The molecule has 1 aromatic carbocycles. The number of benzene rings is 1. The zero-order chi connectivity index (χ0) is 16.6. The van der Waals surface area contributed by atoms with Crippen LogP contribution >= 0.6 is 11.6 Å². The summed E-state index contributed by atoms with van der Waals surface area (Å²) in [6.45, 7) is 1.64. The van der Waals surface area contributed by atoms with Gasteiger partial charge < -0.3 is 4.84 Å². The van der Waals surface area contributed by atoms with Crippen LogP contribution in [0.5, 0.6) is 0 Å². The summed E-state index contributed by atoms with van der Waals surface area (Å²) in [6.07, 6.45) is 4.31. The summed E-state index contributed by atoms with van der Waals surface area (Å²) < 4.78 is 0. The topological polar surface area (TPSA) is 72.8 Å². The normalized spacial score (nSPS) is 19.1. The Balaban J connectivity index is 1.94. The molecular weight excluding hydrogens is 318 g/mol. The Labute approximate surface area is 136 Å². The van der Waals surface area contributed by atoms with E-state index in [9.17, 15) is 14.4 Å². The largest absolute Gasteiger partial charge is 0.350 e. The molecule has 0 fully saturated rings. The van der Waals surface area contributed by atoms with Crippen molar-refractivity contribution in [2.75, 3.05) is 0 Å². The highest BCUT2D eigenvalue weighted by molar-refractivity contribution is 6.49. The van der Waals surface area contributed by atoms with Crippen molar-refractivity contribution in [3.63, 3.8) is 0 Å². The maximum atomic E-state index is 12.4. The highest BCUT2D eigenvalue weighted by atomic mass is 35.5. The molecule has 0 spiro atoms. The predicted octanol–water partition coefficient (Wildman–Crippen LogP) is 2.97. The second-order valence-electron chi connectivity index (χ2n) is 4.98. The van der Waals surface area contributed by atoms with Crippen LogP contribution in [0.4, 0.5) is 0 Å². The molecule has 0 unspecified atom stereocenters. The van der Waals surface area contributed by atoms with Gasteiger partial charge in [0.05, 0.1) is 0 Å². The molecule has 5 nitrogen and oxygen atoms in total. The lowest BCUT2D eigenvalue weighted by molar-refractivity contribution is -0.111. The molecule has 2 aliphatic rings. The first-order valence-electron chi connectivity index (χ1n) is 6.73. The van der Waals surface area contributed by atoms with Gasteiger partial charge in [-0.1, -0.05) is 41.0 Å². The quantitative estimate of drug-likeness (QED) is 0.618. The van der Waals surface area contributed by atoms with Crippen molar-refractivity contribution in [3.05, 3.63) is 70.0 Å². The standard InChI is InChI=1S/C17H10ClNO4/c1-9-8-10(6-7-13(9)20)19-23-17-14(18)15(21)11-4-2-3-5-12(11)16(17)22/h2-8H,1H3/b19-10+. The second-order valence-corrected chi connectivity index (χ2v) is 5.36. The van der Waals surface area contributed by atoms with E-state index in [1.165, 1.54) is 30.4 Å². The van der Waals surface area contributed by atoms with Gasteiger partial charge in [-0.25, -0.2) is 0 Å². The second kappa shape index (κ2) is 5.78. The third kappa shape index (κ3) is 2.66. The number of hydrogen-bond donors (Lipinski definition) is 0. The van der Waals surface area contributed by atoms with E-state index in [2.05, 4.69) is 5.16 Å². The van der Waals surface area contributed by atoms with Gasteiger partial charge in [0.2, 0.25) is 17.3 Å². The van der Waals surface area contributed by atoms with E-state index in [0.717, 1.165) is 0 Å². The minimum atomic E-state index is -0.508. The fraction of sp³-hybridized carbons (Fsp3) is 0.0588. The number of hydrogen-bond acceptors (Lipinski definition) is 5. The summed E-state index contributed by atoms with van der Waals surface area (Å²) in [7, 11) is 0. The third-order valence-electron chi connectivity index (χ3n) is 3.42. The fourth-order valence-electron chi connectivity index (χ4n) is 2.19. The van der Waals surface area contributed by atoms with Crippen LogP contribution in [0.25, 0.3) is 0 Å². The van der Waals surface area contributed by atoms with Crippen molar-refractivity contribution in [1.29, 1.82) is 0 Å². The number of Topliss-reactive ketones (excluding diaryl/α,β-unsaturated/α-hetero) is 2. The van der Waals surface area contributed by atoms with E-state index >= 15 is 0 Å². The number of allylic oxidation sites excluding steroid dienone is 6. The fourth-order valence-corrected chi connectivity index (χ4v) is 2.41. The van der Waals surface area contributed by atoms with Crippen molar-refractivity contribution in [3.8, 4) is 0 Å². The number of rotatable bonds is 2. The SMILES string of the molecule is CC1=C/C(=N/OC2=C(Cl)C(=O)c3ccccc3C2=O)C=CC1=O. The molecule has 0 saturated carbocycles. The van der Waals surface area contributed by atoms with Gasteiger partial charge in [0.15, 0.2) is 5.78 Å². The van der Waals surface area contributed by atoms with E-state index in [4.69, 9.17) is 16.4 Å². The summed E-state index contributed by atoms with van der Waals surface area (Å²) in [4.78, 5) is 41.0. The van der Waals surface area contributed by atoms with Crippen LogP contribution < -0.4 is 0 Å². The number of carbonyl (C=O) groups excluding carboxylic acids is 3. The van der Waals surface area contributed by atoms with Crippen molar-refractivity contribution >= 4 is 34.7 Å². The minimum Gasteiger partial charge on any atom is -0.350 e. The number of oxime groups is 1. The molecule has 23 heavy (non-hydrogen) atoms. The first-order valence-corrected chi connectivity index (χ1v) is 7.11. The maximum absolute atomic E-state index is 12.4. The van der Waals surface area contributed by atoms with Gasteiger partial charge in [0.1, 0.15) is 10.7 Å². The lowest BCUT2D eigenvalue weighted by Crippen LogP contribution is -2.21. The van der Waals surface area contributed by atoms with Crippen LogP contribution in [-0.4, -0.2) is 23.1 Å². The smallest absolute Gasteiger partial charge is 0.233 e. The average molecular weight is 328 g/mol. The molecule has 3 rings (SSSR count). The van der Waals surface area contributed by atoms with Crippen LogP contribution in [0.3, 0.4) is 0 Å². The Hall–Kier alpha value is -2.79. The van der Waals surface area contributed by atoms with Gasteiger partial charge in [-0.3, -0.25) is 14.4 Å². The third-order valence-corrected chi connectivity index (χ3v) is 3.77. The molecule has 0 amide bonds. The van der Waals surface area contributed by atoms with Crippen molar-refractivity contribution in [2.45, 2.75) is 6.92 Å². The number of halogens is 1. The number of ketones is 3. The summed E-state index contributed by atoms with van der Waals surface area (Å²) in [5, 5.41) is 3.48. The molecule has 0 N–H and O–H groups in total. The maximum Gasteiger partial charge on any atom is 0.233 e. The average Bonchev–Trinajstić information content (AvgIpc) is 2.56. The molecule has 114 valence electrons. The van der Waals surface area contributed by atoms with E-state index in [1.54, 1.807) is 19.1 Å². The van der Waals surface area contributed by atoms with Gasteiger partial charge in [-0.05, 0) is 30.7 Å². The van der Waals surface area contributed by atoms with E-state index in [-0.39, 0.29) is 27.7 Å². The molecule has 1 aromatic rings. The Morgan fingerprint density at radius 1 is 1.00 bits per heavy atom. The van der Waals surface area contributed by atoms with Crippen LogP contribution in [0.15, 0.2) is 64.0 Å². The number of fused-ring (bicyclic) bond motifs is 1. The molecule has 0 radical (unpaired) electrons. The molecular formula is C17H10ClNO4. The van der Waals surface area contributed by atoms with Gasteiger partial charge in [-0.2, -0.15) is 0 Å². The summed E-state index contributed by atoms with van der Waals surface area (Å²) in [5.41, 5.74) is 1.30. The van der Waals surface area contributed by atoms with Gasteiger partial charge >= 0.3 is 0 Å². The summed E-state index contributed by atoms with van der Waals surface area (Å²) in [6, 6.07) is 6.35. The Bertz CT molecular complexity index is 874. The van der Waals surface area contributed by atoms with Crippen LogP contribution in [0, 0.1) is 0 Å². The number of carbonyl (C=O) groups is 3. The molecule has 0 saturated heterocycles. The zero-order valence-corrected chi connectivity index (χ0v) is 12.8. The summed E-state index contributed by atoms with van der Waals surface area (Å²) >= 11 is 5.95. The van der Waals surface area contributed by atoms with Crippen LogP contribution in [-0.2, 0) is 9.63 Å². The molecule has 0 aromatic heterocycles. The molecule has 0 atom stereocenters. The van der Waals surface area contributed by atoms with Crippen LogP contribution in [0.2, 0.25) is 0 Å².